The number of carbonyl (C=O) groups excluding carboxylic acids is 2. The number of aryl methyl sites for hydroxylation is 2. The Balaban J connectivity index is 1.75. The third-order valence-corrected chi connectivity index (χ3v) is 5.52. The minimum atomic E-state index is -0.207. The van der Waals surface area contributed by atoms with E-state index in [-0.39, 0.29) is 11.8 Å². The highest BCUT2D eigenvalue weighted by molar-refractivity contribution is 6.14. The van der Waals surface area contributed by atoms with Gasteiger partial charge in [0.1, 0.15) is 11.4 Å². The standard InChI is InChI=1S/C23H25N3O3/c1-15-10-11-18-17(13-15)21(26-12-6-9-20(26)27)22(25(18)2)23(28)24-14-16-7-4-5-8-19(16)29-3/h4-5,7-8,10-11,13H,6,9,12,14H2,1-3H3,(H,24,28). The smallest absolute Gasteiger partial charge is 0.270 e. The van der Waals surface area contributed by atoms with Crippen molar-refractivity contribution in [3.8, 4) is 5.75 Å². The molecule has 29 heavy (non-hydrogen) atoms. The minimum absolute atomic E-state index is 0.0674. The lowest BCUT2D eigenvalue weighted by atomic mass is 10.1. The minimum Gasteiger partial charge on any atom is -0.496 e. The Morgan fingerprint density at radius 2 is 2.00 bits per heavy atom. The van der Waals surface area contributed by atoms with Crippen molar-refractivity contribution in [1.29, 1.82) is 0 Å². The van der Waals surface area contributed by atoms with Crippen LogP contribution in [0.2, 0.25) is 0 Å². The highest BCUT2D eigenvalue weighted by atomic mass is 16.5. The van der Waals surface area contributed by atoms with E-state index in [1.165, 1.54) is 0 Å². The first-order valence-electron chi connectivity index (χ1n) is 9.80. The molecule has 2 amide bonds. The highest BCUT2D eigenvalue weighted by Gasteiger charge is 2.31. The van der Waals surface area contributed by atoms with Crippen molar-refractivity contribution in [3.05, 3.63) is 59.3 Å². The number of benzene rings is 2. The lowest BCUT2D eigenvalue weighted by molar-refractivity contribution is -0.117. The van der Waals surface area contributed by atoms with Crippen LogP contribution in [0.25, 0.3) is 10.9 Å². The third kappa shape index (κ3) is 3.35. The molecule has 2 aromatic carbocycles. The third-order valence-electron chi connectivity index (χ3n) is 5.52. The molecule has 1 aliphatic heterocycles. The predicted octanol–water partition coefficient (Wildman–Crippen LogP) is 3.55. The SMILES string of the molecule is COc1ccccc1CNC(=O)c1c(N2CCCC2=O)c2cc(C)ccc2n1C. The fraction of sp³-hybridized carbons (Fsp3) is 0.304. The van der Waals surface area contributed by atoms with Gasteiger partial charge in [-0.25, -0.2) is 0 Å². The average Bonchev–Trinajstić information content (AvgIpc) is 3.26. The van der Waals surface area contributed by atoms with Crippen LogP contribution in [0.1, 0.15) is 34.5 Å². The van der Waals surface area contributed by atoms with E-state index >= 15 is 0 Å². The van der Waals surface area contributed by atoms with Crippen LogP contribution < -0.4 is 15.0 Å². The molecule has 0 aliphatic carbocycles. The second-order valence-corrected chi connectivity index (χ2v) is 7.42. The van der Waals surface area contributed by atoms with Crippen LogP contribution in [0.3, 0.4) is 0 Å². The number of nitrogens with zero attached hydrogens (tertiary/aromatic N) is 2. The van der Waals surface area contributed by atoms with Gasteiger partial charge in [0.05, 0.1) is 18.3 Å². The molecule has 3 aromatic rings. The number of aromatic nitrogens is 1. The summed E-state index contributed by atoms with van der Waals surface area (Å²) in [6.07, 6.45) is 1.33. The average molecular weight is 391 g/mol. The number of hydrogen-bond donors (Lipinski definition) is 1. The molecule has 1 aromatic heterocycles. The molecular formula is C23H25N3O3. The Morgan fingerprint density at radius 1 is 1.21 bits per heavy atom. The monoisotopic (exact) mass is 391 g/mol. The maximum atomic E-state index is 13.3. The lowest BCUT2D eigenvalue weighted by Gasteiger charge is -2.18. The van der Waals surface area contributed by atoms with E-state index in [1.54, 1.807) is 12.0 Å². The Morgan fingerprint density at radius 3 is 2.72 bits per heavy atom. The van der Waals surface area contributed by atoms with Gasteiger partial charge in [0.2, 0.25) is 5.91 Å². The van der Waals surface area contributed by atoms with Gasteiger partial charge in [-0.1, -0.05) is 29.8 Å². The molecule has 0 spiro atoms. The number of amides is 2. The first-order chi connectivity index (χ1) is 14.0. The number of methoxy groups -OCH3 is 1. The molecule has 2 heterocycles. The number of para-hydroxylation sites is 1. The summed E-state index contributed by atoms with van der Waals surface area (Å²) in [6.45, 7) is 3.00. The molecule has 0 saturated carbocycles. The largest absolute Gasteiger partial charge is 0.496 e. The molecule has 0 radical (unpaired) electrons. The Labute approximate surface area is 170 Å². The summed E-state index contributed by atoms with van der Waals surface area (Å²) in [5.74, 6) is 0.593. The fourth-order valence-electron chi connectivity index (χ4n) is 4.06. The molecule has 1 fully saturated rings. The number of hydrogen-bond acceptors (Lipinski definition) is 3. The summed E-state index contributed by atoms with van der Waals surface area (Å²) >= 11 is 0. The van der Waals surface area contributed by atoms with Crippen molar-refractivity contribution < 1.29 is 14.3 Å². The first kappa shape index (κ1) is 19.1. The van der Waals surface area contributed by atoms with Crippen LogP contribution in [-0.2, 0) is 18.4 Å². The summed E-state index contributed by atoms with van der Waals surface area (Å²) in [4.78, 5) is 27.5. The van der Waals surface area contributed by atoms with Gasteiger partial charge in [-0.2, -0.15) is 0 Å². The van der Waals surface area contributed by atoms with Gasteiger partial charge >= 0.3 is 0 Å². The fourth-order valence-corrected chi connectivity index (χ4v) is 4.06. The van der Waals surface area contributed by atoms with E-state index in [2.05, 4.69) is 5.32 Å². The summed E-state index contributed by atoms with van der Waals surface area (Å²) < 4.78 is 7.26. The van der Waals surface area contributed by atoms with E-state index < -0.39 is 0 Å². The second-order valence-electron chi connectivity index (χ2n) is 7.42. The number of anilines is 1. The molecule has 1 N–H and O–H groups in total. The van der Waals surface area contributed by atoms with Gasteiger partial charge in [-0.05, 0) is 31.5 Å². The van der Waals surface area contributed by atoms with Crippen molar-refractivity contribution in [2.75, 3.05) is 18.6 Å². The van der Waals surface area contributed by atoms with Crippen molar-refractivity contribution in [2.45, 2.75) is 26.3 Å². The maximum absolute atomic E-state index is 13.3. The lowest BCUT2D eigenvalue weighted by Crippen LogP contribution is -2.30. The van der Waals surface area contributed by atoms with E-state index in [0.29, 0.717) is 30.9 Å². The summed E-state index contributed by atoms with van der Waals surface area (Å²) in [7, 11) is 3.49. The van der Waals surface area contributed by atoms with E-state index in [1.807, 2.05) is 61.0 Å². The van der Waals surface area contributed by atoms with Gasteiger partial charge < -0.3 is 19.5 Å². The normalized spacial score (nSPS) is 13.9. The zero-order chi connectivity index (χ0) is 20.5. The maximum Gasteiger partial charge on any atom is 0.270 e. The first-order valence-corrected chi connectivity index (χ1v) is 9.80. The van der Waals surface area contributed by atoms with Crippen LogP contribution in [-0.4, -0.2) is 30.0 Å². The van der Waals surface area contributed by atoms with Gasteiger partial charge in [-0.15, -0.1) is 0 Å². The van der Waals surface area contributed by atoms with Crippen molar-refractivity contribution in [2.24, 2.45) is 7.05 Å². The van der Waals surface area contributed by atoms with E-state index in [4.69, 9.17) is 4.74 Å². The van der Waals surface area contributed by atoms with Crippen LogP contribution in [0.4, 0.5) is 5.69 Å². The highest BCUT2D eigenvalue weighted by Crippen LogP contribution is 2.36. The van der Waals surface area contributed by atoms with E-state index in [0.717, 1.165) is 34.2 Å². The molecule has 0 unspecified atom stereocenters. The zero-order valence-corrected chi connectivity index (χ0v) is 17.0. The second kappa shape index (κ2) is 7.62. The molecule has 0 atom stereocenters. The van der Waals surface area contributed by atoms with Gasteiger partial charge in [0.15, 0.2) is 0 Å². The molecule has 1 aliphatic rings. The summed E-state index contributed by atoms with van der Waals surface area (Å²) in [6, 6.07) is 13.7. The van der Waals surface area contributed by atoms with Crippen LogP contribution in [0.15, 0.2) is 42.5 Å². The van der Waals surface area contributed by atoms with Gasteiger partial charge in [-0.3, -0.25) is 9.59 Å². The van der Waals surface area contributed by atoms with Gasteiger partial charge in [0.25, 0.3) is 5.91 Å². The number of nitrogens with one attached hydrogen (secondary N) is 1. The molecule has 0 bridgehead atoms. The van der Waals surface area contributed by atoms with Crippen LogP contribution >= 0.6 is 0 Å². The number of ether oxygens (including phenoxy) is 1. The molecule has 4 rings (SSSR count). The number of fused-ring (bicyclic) bond motifs is 1. The number of carbonyl (C=O) groups is 2. The van der Waals surface area contributed by atoms with E-state index in [9.17, 15) is 9.59 Å². The molecule has 6 nitrogen and oxygen atoms in total. The molecule has 6 heteroatoms. The quantitative estimate of drug-likeness (QED) is 0.723. The van der Waals surface area contributed by atoms with Crippen molar-refractivity contribution >= 4 is 28.4 Å². The molecule has 1 saturated heterocycles. The van der Waals surface area contributed by atoms with Crippen molar-refractivity contribution in [3.63, 3.8) is 0 Å². The van der Waals surface area contributed by atoms with Crippen LogP contribution in [0, 0.1) is 6.92 Å². The molecule has 150 valence electrons. The zero-order valence-electron chi connectivity index (χ0n) is 17.0. The predicted molar refractivity (Wildman–Crippen MR) is 113 cm³/mol. The van der Waals surface area contributed by atoms with Crippen molar-refractivity contribution in [1.82, 2.24) is 9.88 Å². The van der Waals surface area contributed by atoms with Gasteiger partial charge in [0, 0.05) is 37.5 Å². The number of rotatable bonds is 5. The summed E-state index contributed by atoms with van der Waals surface area (Å²) in [5.41, 5.74) is 4.16. The Bertz CT molecular complexity index is 1100. The topological polar surface area (TPSA) is 63.6 Å². The van der Waals surface area contributed by atoms with Crippen LogP contribution in [0.5, 0.6) is 5.75 Å². The summed E-state index contributed by atoms with van der Waals surface area (Å²) in [5, 5.41) is 3.94. The Hall–Kier alpha value is -3.28. The molecular weight excluding hydrogens is 366 g/mol. The Kier molecular flexibility index (Phi) is 5.01.